The van der Waals surface area contributed by atoms with E-state index in [1.807, 2.05) is 0 Å². The molecular weight excluding hydrogens is 535 g/mol. The molecule has 4 rings (SSSR count). The summed E-state index contributed by atoms with van der Waals surface area (Å²) in [5.74, 6) is -2.75. The van der Waals surface area contributed by atoms with Gasteiger partial charge in [-0.25, -0.2) is 4.68 Å². The fourth-order valence-corrected chi connectivity index (χ4v) is 7.70. The van der Waals surface area contributed by atoms with Gasteiger partial charge in [0.15, 0.2) is 0 Å². The molecule has 2 aromatic heterocycles. The van der Waals surface area contributed by atoms with Gasteiger partial charge in [-0.15, -0.1) is 28.2 Å². The van der Waals surface area contributed by atoms with Gasteiger partial charge in [0.2, 0.25) is 11.1 Å². The van der Waals surface area contributed by atoms with Crippen molar-refractivity contribution in [2.75, 3.05) is 24.4 Å². The predicted molar refractivity (Wildman–Crippen MR) is 118 cm³/mol. The van der Waals surface area contributed by atoms with Crippen LogP contribution in [0, 0.1) is 0 Å². The van der Waals surface area contributed by atoms with E-state index in [2.05, 4.69) is 20.8 Å². The number of nitrogens with zero attached hydrogens (tertiary/aromatic N) is 5. The largest absolute Gasteiger partial charge is 1.00 e. The van der Waals surface area contributed by atoms with Crippen molar-refractivity contribution in [1.82, 2.24) is 30.4 Å². The zero-order valence-electron chi connectivity index (χ0n) is 18.2. The second-order valence-electron chi connectivity index (χ2n) is 6.86. The summed E-state index contributed by atoms with van der Waals surface area (Å²) in [5, 5.41) is 27.0. The van der Waals surface area contributed by atoms with E-state index in [0.29, 0.717) is 14.9 Å². The Balaban J connectivity index is 0.00000324. The number of aromatic nitrogens is 4. The minimum atomic E-state index is -1.76. The molecular formula is C17H17N6NaO6S4. The second kappa shape index (κ2) is 11.2. The maximum Gasteiger partial charge on any atom is 1.00 e. The molecule has 3 atom stereocenters. The van der Waals surface area contributed by atoms with E-state index in [-0.39, 0.29) is 52.5 Å². The number of carbonyl (C=O) groups excluding carboxylic acids is 3. The number of thioether (sulfide) groups is 2. The van der Waals surface area contributed by atoms with Crippen LogP contribution in [0.1, 0.15) is 0 Å². The van der Waals surface area contributed by atoms with Crippen LogP contribution in [0.4, 0.5) is 0 Å². The van der Waals surface area contributed by atoms with Crippen molar-refractivity contribution in [2.45, 2.75) is 20.5 Å². The molecule has 0 aliphatic carbocycles. The quantitative estimate of drug-likeness (QED) is 0.138. The molecule has 0 spiro atoms. The minimum absolute atomic E-state index is 0. The first-order valence-corrected chi connectivity index (χ1v) is 13.5. The third-order valence-corrected chi connectivity index (χ3v) is 9.98. The standard InChI is InChI=1S/C17H18N6O6S4.Na/c1-22-16(19-20-21-22)32-7-9-6-31-15-17(29-2,14(27)23(15)12(9)13(25)26)18-10(24)8-33(28)11-4-3-5-30-11;/h3-5,15H,6-8H2,1-2H3,(H,18,24)(H,25,26);/q;+1/p-1/t15-,17-,33?;/m0./s1. The minimum Gasteiger partial charge on any atom is -0.543 e. The van der Waals surface area contributed by atoms with Crippen molar-refractivity contribution in [3.8, 4) is 0 Å². The summed E-state index contributed by atoms with van der Waals surface area (Å²) in [6.07, 6.45) is 0. The summed E-state index contributed by atoms with van der Waals surface area (Å²) in [4.78, 5) is 38.6. The molecule has 0 saturated carbocycles. The van der Waals surface area contributed by atoms with E-state index in [1.165, 1.54) is 46.7 Å². The van der Waals surface area contributed by atoms with Crippen molar-refractivity contribution < 1.29 is 58.0 Å². The Morgan fingerprint density at radius 3 is 2.82 bits per heavy atom. The monoisotopic (exact) mass is 552 g/mol. The van der Waals surface area contributed by atoms with Crippen molar-refractivity contribution >= 4 is 63.4 Å². The first kappa shape index (κ1) is 27.3. The molecule has 1 saturated heterocycles. The predicted octanol–water partition coefficient (Wildman–Crippen LogP) is -4.45. The van der Waals surface area contributed by atoms with E-state index < -0.39 is 39.7 Å². The molecule has 2 aromatic rings. The first-order chi connectivity index (χ1) is 15.8. The van der Waals surface area contributed by atoms with Gasteiger partial charge < -0.3 is 20.0 Å². The van der Waals surface area contributed by atoms with Crippen molar-refractivity contribution in [3.63, 3.8) is 0 Å². The van der Waals surface area contributed by atoms with Gasteiger partial charge in [0.05, 0.1) is 26.7 Å². The van der Waals surface area contributed by atoms with Gasteiger partial charge in [-0.3, -0.25) is 18.7 Å². The molecule has 0 bridgehead atoms. The van der Waals surface area contributed by atoms with Gasteiger partial charge in [0.1, 0.15) is 11.1 Å². The molecule has 176 valence electrons. The number of hydrogen-bond donors (Lipinski definition) is 1. The molecule has 1 fully saturated rings. The first-order valence-electron chi connectivity index (χ1n) is 9.30. The molecule has 2 amide bonds. The number of tetrazole rings is 1. The number of β-lactam (4-membered cyclic amide) rings is 1. The molecule has 12 nitrogen and oxygen atoms in total. The Morgan fingerprint density at radius 2 is 2.24 bits per heavy atom. The van der Waals surface area contributed by atoms with Crippen molar-refractivity contribution in [1.29, 1.82) is 0 Å². The summed E-state index contributed by atoms with van der Waals surface area (Å²) in [6, 6.07) is 3.38. The van der Waals surface area contributed by atoms with Gasteiger partial charge in [0, 0.05) is 25.7 Å². The van der Waals surface area contributed by atoms with Gasteiger partial charge in [-0.05, 0) is 27.4 Å². The van der Waals surface area contributed by atoms with Crippen LogP contribution < -0.4 is 40.0 Å². The van der Waals surface area contributed by atoms with Crippen LogP contribution in [-0.2, 0) is 37.0 Å². The van der Waals surface area contributed by atoms with E-state index in [9.17, 15) is 23.7 Å². The molecule has 0 radical (unpaired) electrons. The summed E-state index contributed by atoms with van der Waals surface area (Å²) >= 11 is 3.73. The van der Waals surface area contributed by atoms with E-state index in [1.54, 1.807) is 24.6 Å². The van der Waals surface area contributed by atoms with Gasteiger partial charge >= 0.3 is 29.6 Å². The van der Waals surface area contributed by atoms with Gasteiger partial charge in [-0.1, -0.05) is 17.8 Å². The summed E-state index contributed by atoms with van der Waals surface area (Å²) in [5.41, 5.74) is -1.54. The third-order valence-electron chi connectivity index (χ3n) is 4.89. The maximum atomic E-state index is 13.1. The molecule has 1 unspecified atom stereocenters. The number of carboxylic acids is 1. The molecule has 4 heterocycles. The molecule has 34 heavy (non-hydrogen) atoms. The fraction of sp³-hybridized carbons (Fsp3) is 0.412. The number of aryl methyl sites for hydroxylation is 1. The Hall–Kier alpha value is -1.27. The van der Waals surface area contributed by atoms with Gasteiger partial charge in [0.25, 0.3) is 11.6 Å². The van der Waals surface area contributed by atoms with Crippen LogP contribution in [0.15, 0.2) is 38.1 Å². The second-order valence-corrected chi connectivity index (χ2v) is 11.5. The number of carboxylic acid groups (broad SMARTS) is 1. The normalized spacial score (nSPS) is 22.5. The fourth-order valence-electron chi connectivity index (χ4n) is 3.36. The summed E-state index contributed by atoms with van der Waals surface area (Å²) in [6.45, 7) is 0. The van der Waals surface area contributed by atoms with Gasteiger partial charge in [-0.2, -0.15) is 0 Å². The number of ether oxygens (including phenoxy) is 1. The number of carbonyl (C=O) groups is 3. The topological polar surface area (TPSA) is 159 Å². The van der Waals surface area contributed by atoms with Crippen LogP contribution >= 0.6 is 34.9 Å². The summed E-state index contributed by atoms with van der Waals surface area (Å²) < 4.78 is 19.7. The zero-order valence-corrected chi connectivity index (χ0v) is 23.5. The number of thiophene rings is 1. The molecule has 2 aliphatic heterocycles. The molecule has 0 aromatic carbocycles. The Morgan fingerprint density at radius 1 is 1.47 bits per heavy atom. The van der Waals surface area contributed by atoms with Crippen LogP contribution in [0.5, 0.6) is 0 Å². The van der Waals surface area contributed by atoms with Crippen molar-refractivity contribution in [3.05, 3.63) is 28.8 Å². The Bertz CT molecular complexity index is 1160. The average molecular weight is 553 g/mol. The number of rotatable bonds is 9. The smallest absolute Gasteiger partial charge is 0.543 e. The molecule has 17 heteroatoms. The number of fused-ring (bicyclic) bond motifs is 1. The number of aliphatic carboxylic acids is 1. The SMILES string of the molecule is CO[C@@]1(NC(=O)CS(=O)c2cccs2)C(=O)N2C(C(=O)[O-])=C(CSc3nnnn3C)CS[C@H]21.[Na+]. The zero-order chi connectivity index (χ0) is 23.8. The van der Waals surface area contributed by atoms with E-state index in [0.717, 1.165) is 4.90 Å². The molecule has 1 N–H and O–H groups in total. The van der Waals surface area contributed by atoms with Crippen LogP contribution in [0.3, 0.4) is 0 Å². The Kier molecular flexibility index (Phi) is 9.00. The van der Waals surface area contributed by atoms with Crippen LogP contribution in [-0.4, -0.2) is 82.6 Å². The number of amides is 2. The number of methoxy groups -OCH3 is 1. The van der Waals surface area contributed by atoms with Crippen molar-refractivity contribution in [2.24, 2.45) is 7.05 Å². The van der Waals surface area contributed by atoms with Crippen LogP contribution in [0.25, 0.3) is 0 Å². The average Bonchev–Trinajstić information content (AvgIpc) is 3.47. The molecule has 2 aliphatic rings. The van der Waals surface area contributed by atoms with E-state index in [4.69, 9.17) is 4.74 Å². The Labute approximate surface area is 231 Å². The van der Waals surface area contributed by atoms with Crippen LogP contribution in [0.2, 0.25) is 0 Å². The third kappa shape index (κ3) is 5.00. The number of hydrogen-bond acceptors (Lipinski definition) is 12. The number of nitrogens with one attached hydrogen (secondary N) is 1. The maximum absolute atomic E-state index is 13.1. The van der Waals surface area contributed by atoms with E-state index >= 15 is 0 Å². The summed E-state index contributed by atoms with van der Waals surface area (Å²) in [7, 11) is 1.33.